The Morgan fingerprint density at radius 2 is 2.00 bits per heavy atom. The van der Waals surface area contributed by atoms with E-state index in [2.05, 4.69) is 5.32 Å². The van der Waals surface area contributed by atoms with Gasteiger partial charge in [0.25, 0.3) is 5.91 Å². The molecule has 1 heterocycles. The van der Waals surface area contributed by atoms with Crippen LogP contribution in [0.3, 0.4) is 0 Å². The molecule has 0 unspecified atom stereocenters. The number of rotatable bonds is 3. The highest BCUT2D eigenvalue weighted by molar-refractivity contribution is 5.94. The highest BCUT2D eigenvalue weighted by atomic mass is 19.1. The summed E-state index contributed by atoms with van der Waals surface area (Å²) in [7, 11) is 1.62. The summed E-state index contributed by atoms with van der Waals surface area (Å²) in [6.07, 6.45) is 0.781. The Labute approximate surface area is 111 Å². The number of hydrogen-bond acceptors (Lipinski definition) is 3. The zero-order valence-electron chi connectivity index (χ0n) is 10.7. The van der Waals surface area contributed by atoms with Gasteiger partial charge in [0.15, 0.2) is 0 Å². The maximum absolute atomic E-state index is 13.6. The number of carbonyl (C=O) groups excluding carboxylic acids is 2. The van der Waals surface area contributed by atoms with Crippen LogP contribution in [-0.2, 0) is 4.79 Å². The summed E-state index contributed by atoms with van der Waals surface area (Å²) in [6.45, 7) is 2.00. The molecule has 2 amide bonds. The molecule has 5 nitrogen and oxygen atoms in total. The molecule has 1 N–H and O–H groups in total. The van der Waals surface area contributed by atoms with E-state index in [0.717, 1.165) is 6.41 Å². The van der Waals surface area contributed by atoms with E-state index >= 15 is 0 Å². The topological polar surface area (TPSA) is 52.7 Å². The van der Waals surface area contributed by atoms with E-state index in [9.17, 15) is 14.0 Å². The first-order valence-corrected chi connectivity index (χ1v) is 6.11. The predicted molar refractivity (Wildman–Crippen MR) is 69.5 cm³/mol. The average molecular weight is 265 g/mol. The Balaban J connectivity index is 2.08. The van der Waals surface area contributed by atoms with E-state index in [1.807, 2.05) is 0 Å². The van der Waals surface area contributed by atoms with Crippen molar-refractivity contribution in [3.63, 3.8) is 0 Å². The molecule has 1 aromatic rings. The normalized spacial score (nSPS) is 15.3. The summed E-state index contributed by atoms with van der Waals surface area (Å²) in [5, 5.41) is 2.71. The molecular formula is C13H16FN3O2. The van der Waals surface area contributed by atoms with Gasteiger partial charge in [-0.3, -0.25) is 9.59 Å². The number of piperazine rings is 1. The minimum absolute atomic E-state index is 0.202. The van der Waals surface area contributed by atoms with Gasteiger partial charge in [-0.1, -0.05) is 0 Å². The van der Waals surface area contributed by atoms with Gasteiger partial charge in [0.1, 0.15) is 5.82 Å². The Morgan fingerprint density at radius 1 is 1.32 bits per heavy atom. The van der Waals surface area contributed by atoms with E-state index in [4.69, 9.17) is 0 Å². The second kappa shape index (κ2) is 5.69. The number of hydrogen-bond donors (Lipinski definition) is 1. The molecule has 1 aliphatic rings. The highest BCUT2D eigenvalue weighted by Crippen LogP contribution is 2.17. The van der Waals surface area contributed by atoms with Crippen LogP contribution in [0.4, 0.5) is 10.1 Å². The van der Waals surface area contributed by atoms with Crippen molar-refractivity contribution in [1.82, 2.24) is 9.80 Å². The van der Waals surface area contributed by atoms with Crippen molar-refractivity contribution in [1.29, 1.82) is 0 Å². The first kappa shape index (κ1) is 13.3. The van der Waals surface area contributed by atoms with Crippen molar-refractivity contribution in [2.45, 2.75) is 0 Å². The zero-order chi connectivity index (χ0) is 13.8. The highest BCUT2D eigenvalue weighted by Gasteiger charge is 2.21. The lowest BCUT2D eigenvalue weighted by molar-refractivity contribution is -0.119. The predicted octanol–water partition coefficient (Wildman–Crippen LogP) is 0.782. The van der Waals surface area contributed by atoms with Crippen LogP contribution in [0.1, 0.15) is 10.4 Å². The van der Waals surface area contributed by atoms with Crippen LogP contribution in [-0.4, -0.2) is 55.3 Å². The third-order valence-electron chi connectivity index (χ3n) is 3.24. The van der Waals surface area contributed by atoms with Gasteiger partial charge in [-0.25, -0.2) is 4.39 Å². The number of anilines is 1. The molecule has 1 aromatic carbocycles. The molecule has 1 fully saturated rings. The minimum Gasteiger partial charge on any atom is -0.386 e. The van der Waals surface area contributed by atoms with Crippen molar-refractivity contribution < 1.29 is 14.0 Å². The van der Waals surface area contributed by atoms with E-state index < -0.39 is 5.82 Å². The number of halogens is 1. The molecular weight excluding hydrogens is 249 g/mol. The molecule has 2 rings (SSSR count). The molecule has 0 saturated carbocycles. The lowest BCUT2D eigenvalue weighted by Gasteiger charge is -2.32. The van der Waals surface area contributed by atoms with Gasteiger partial charge in [0, 0.05) is 38.8 Å². The Morgan fingerprint density at radius 3 is 2.53 bits per heavy atom. The molecule has 0 bridgehead atoms. The third kappa shape index (κ3) is 2.83. The van der Waals surface area contributed by atoms with E-state index in [1.54, 1.807) is 29.0 Å². The summed E-state index contributed by atoms with van der Waals surface area (Å²) in [4.78, 5) is 26.0. The fourth-order valence-electron chi connectivity index (χ4n) is 2.06. The largest absolute Gasteiger partial charge is 0.386 e. The molecule has 0 radical (unpaired) electrons. The van der Waals surface area contributed by atoms with Gasteiger partial charge in [-0.2, -0.15) is 0 Å². The van der Waals surface area contributed by atoms with Crippen LogP contribution in [0.2, 0.25) is 0 Å². The van der Waals surface area contributed by atoms with E-state index in [1.165, 1.54) is 6.07 Å². The molecule has 0 spiro atoms. The van der Waals surface area contributed by atoms with Crippen molar-refractivity contribution in [3.05, 3.63) is 29.6 Å². The minimum atomic E-state index is -0.445. The van der Waals surface area contributed by atoms with Gasteiger partial charge in [-0.15, -0.1) is 0 Å². The number of nitrogens with one attached hydrogen (secondary N) is 1. The summed E-state index contributed by atoms with van der Waals surface area (Å²) in [5.41, 5.74) is 0.693. The van der Waals surface area contributed by atoms with Gasteiger partial charge in [0.2, 0.25) is 6.41 Å². The van der Waals surface area contributed by atoms with E-state index in [-0.39, 0.29) is 5.91 Å². The van der Waals surface area contributed by atoms with Gasteiger partial charge < -0.3 is 15.1 Å². The summed E-state index contributed by atoms with van der Waals surface area (Å²) in [6, 6.07) is 4.38. The molecule has 19 heavy (non-hydrogen) atoms. The van der Waals surface area contributed by atoms with Crippen molar-refractivity contribution in [3.8, 4) is 0 Å². The molecule has 0 atom stereocenters. The molecule has 1 aliphatic heterocycles. The Kier molecular flexibility index (Phi) is 3.99. The van der Waals surface area contributed by atoms with E-state index in [0.29, 0.717) is 37.4 Å². The molecule has 6 heteroatoms. The maximum Gasteiger partial charge on any atom is 0.254 e. The lowest BCUT2D eigenvalue weighted by Crippen LogP contribution is -2.48. The average Bonchev–Trinajstić information content (AvgIpc) is 2.46. The van der Waals surface area contributed by atoms with Crippen LogP contribution < -0.4 is 5.32 Å². The monoisotopic (exact) mass is 265 g/mol. The molecule has 0 aromatic heterocycles. The third-order valence-corrected chi connectivity index (χ3v) is 3.24. The number of benzene rings is 1. The SMILES string of the molecule is CNc1ccc(C(=O)N2CCN(C=O)CC2)cc1F. The van der Waals surface area contributed by atoms with Crippen molar-refractivity contribution in [2.75, 3.05) is 38.5 Å². The quantitative estimate of drug-likeness (QED) is 0.822. The first-order valence-electron chi connectivity index (χ1n) is 6.11. The molecule has 102 valence electrons. The lowest BCUT2D eigenvalue weighted by atomic mass is 10.1. The maximum atomic E-state index is 13.6. The summed E-state index contributed by atoms with van der Waals surface area (Å²) in [5.74, 6) is -0.646. The van der Waals surface area contributed by atoms with Crippen molar-refractivity contribution in [2.24, 2.45) is 0 Å². The summed E-state index contributed by atoms with van der Waals surface area (Å²) >= 11 is 0. The van der Waals surface area contributed by atoms with Crippen LogP contribution in [0.5, 0.6) is 0 Å². The number of carbonyl (C=O) groups is 2. The second-order valence-electron chi connectivity index (χ2n) is 4.38. The smallest absolute Gasteiger partial charge is 0.254 e. The van der Waals surface area contributed by atoms with Crippen LogP contribution >= 0.6 is 0 Å². The summed E-state index contributed by atoms with van der Waals surface area (Å²) < 4.78 is 13.6. The first-order chi connectivity index (χ1) is 9.15. The van der Waals surface area contributed by atoms with Gasteiger partial charge >= 0.3 is 0 Å². The fourth-order valence-corrected chi connectivity index (χ4v) is 2.06. The number of nitrogens with zero attached hydrogens (tertiary/aromatic N) is 2. The number of amides is 2. The van der Waals surface area contributed by atoms with Crippen LogP contribution in [0, 0.1) is 5.82 Å². The Bertz CT molecular complexity index is 485. The van der Waals surface area contributed by atoms with Gasteiger partial charge in [0.05, 0.1) is 5.69 Å². The molecule has 0 aliphatic carbocycles. The van der Waals surface area contributed by atoms with Crippen molar-refractivity contribution >= 4 is 18.0 Å². The van der Waals surface area contributed by atoms with Crippen LogP contribution in [0.25, 0.3) is 0 Å². The molecule has 1 saturated heterocycles. The van der Waals surface area contributed by atoms with Crippen LogP contribution in [0.15, 0.2) is 18.2 Å². The Hall–Kier alpha value is -2.11. The fraction of sp³-hybridized carbons (Fsp3) is 0.385. The zero-order valence-corrected chi connectivity index (χ0v) is 10.7. The standard InChI is InChI=1S/C13H16FN3O2/c1-15-12-3-2-10(8-11(12)14)13(19)17-6-4-16(9-18)5-7-17/h2-3,8-9,15H,4-7H2,1H3. The second-order valence-corrected chi connectivity index (χ2v) is 4.38. The van der Waals surface area contributed by atoms with Gasteiger partial charge in [-0.05, 0) is 18.2 Å².